The van der Waals surface area contributed by atoms with Crippen LogP contribution in [0.15, 0.2) is 35.6 Å². The Morgan fingerprint density at radius 1 is 1.04 bits per heavy atom. The molecule has 2 heterocycles. The van der Waals surface area contributed by atoms with Crippen LogP contribution in [0.2, 0.25) is 0 Å². The van der Waals surface area contributed by atoms with Crippen molar-refractivity contribution in [2.75, 3.05) is 37.6 Å². The molecule has 1 aliphatic heterocycles. The predicted octanol–water partition coefficient (Wildman–Crippen LogP) is 2.19. The molecule has 10 heteroatoms. The van der Waals surface area contributed by atoms with E-state index in [0.29, 0.717) is 38.1 Å². The van der Waals surface area contributed by atoms with E-state index in [1.807, 2.05) is 4.90 Å². The van der Waals surface area contributed by atoms with Gasteiger partial charge in [-0.05, 0) is 24.1 Å². The van der Waals surface area contributed by atoms with E-state index in [1.165, 1.54) is 6.07 Å². The molecule has 1 aromatic heterocycles. The summed E-state index contributed by atoms with van der Waals surface area (Å²) >= 11 is 0. The number of aromatic nitrogens is 2. The van der Waals surface area contributed by atoms with Crippen molar-refractivity contribution in [1.29, 1.82) is 0 Å². The number of benzene rings is 1. The van der Waals surface area contributed by atoms with Crippen LogP contribution in [0.4, 0.5) is 19.1 Å². The largest absolute Gasteiger partial charge is 0.370 e. The normalized spacial score (nSPS) is 14.9. The number of aliphatic imine (C=N–C) groups is 1. The van der Waals surface area contributed by atoms with Crippen LogP contribution in [0.5, 0.6) is 0 Å². The van der Waals surface area contributed by atoms with Crippen LogP contribution < -0.4 is 10.6 Å². The Labute approximate surface area is 172 Å². The molecule has 0 bridgehead atoms. The Morgan fingerprint density at radius 2 is 1.70 bits per heavy atom. The fraction of sp³-hybridized carbons (Fsp3) is 0.353. The van der Waals surface area contributed by atoms with Gasteiger partial charge in [-0.25, -0.2) is 23.1 Å². The summed E-state index contributed by atoms with van der Waals surface area (Å²) in [7, 11) is 0. The van der Waals surface area contributed by atoms with E-state index in [2.05, 4.69) is 19.9 Å². The molecule has 0 unspecified atom stereocenters. The maximum absolute atomic E-state index is 13.6. The smallest absolute Gasteiger partial charge is 0.225 e. The van der Waals surface area contributed by atoms with Crippen LogP contribution in [0, 0.1) is 17.5 Å². The lowest BCUT2D eigenvalue weighted by molar-refractivity contribution is 0.378. The summed E-state index contributed by atoms with van der Waals surface area (Å²) in [6, 6.07) is 3.89. The number of halogens is 4. The summed E-state index contributed by atoms with van der Waals surface area (Å²) < 4.78 is 39.8. The lowest BCUT2D eigenvalue weighted by atomic mass is 10.1. The molecule has 146 valence electrons. The SMILES string of the molecule is I.NC(=NCCc1ccc(F)c(F)c1F)N1CCN(c2ncccn2)CC1. The van der Waals surface area contributed by atoms with Crippen molar-refractivity contribution < 1.29 is 13.2 Å². The van der Waals surface area contributed by atoms with Crippen LogP contribution in [0.25, 0.3) is 0 Å². The number of nitrogens with two attached hydrogens (primary N) is 1. The van der Waals surface area contributed by atoms with E-state index in [0.717, 1.165) is 6.07 Å². The van der Waals surface area contributed by atoms with Gasteiger partial charge in [0.2, 0.25) is 5.95 Å². The number of piperazine rings is 1. The van der Waals surface area contributed by atoms with Crippen molar-refractivity contribution in [2.45, 2.75) is 6.42 Å². The zero-order chi connectivity index (χ0) is 18.5. The second-order valence-electron chi connectivity index (χ2n) is 5.85. The fourth-order valence-electron chi connectivity index (χ4n) is 2.74. The van der Waals surface area contributed by atoms with E-state index >= 15 is 0 Å². The maximum atomic E-state index is 13.6. The van der Waals surface area contributed by atoms with Gasteiger partial charge >= 0.3 is 0 Å². The number of rotatable bonds is 4. The van der Waals surface area contributed by atoms with Crippen molar-refractivity contribution in [3.8, 4) is 0 Å². The van der Waals surface area contributed by atoms with Crippen molar-refractivity contribution >= 4 is 35.9 Å². The molecule has 0 atom stereocenters. The average Bonchev–Trinajstić information content (AvgIpc) is 2.68. The summed E-state index contributed by atoms with van der Waals surface area (Å²) in [6.07, 6.45) is 3.53. The third-order valence-electron chi connectivity index (χ3n) is 4.21. The van der Waals surface area contributed by atoms with Crippen LogP contribution >= 0.6 is 24.0 Å². The number of hydrogen-bond donors (Lipinski definition) is 1. The molecule has 27 heavy (non-hydrogen) atoms. The van der Waals surface area contributed by atoms with E-state index in [-0.39, 0.29) is 42.5 Å². The Balaban J connectivity index is 0.00000261. The van der Waals surface area contributed by atoms with Crippen molar-refractivity contribution in [3.05, 3.63) is 53.6 Å². The summed E-state index contributed by atoms with van der Waals surface area (Å²) in [5.74, 6) is -2.80. The summed E-state index contributed by atoms with van der Waals surface area (Å²) in [6.45, 7) is 2.92. The first kappa shape index (κ1) is 21.2. The molecular formula is C17H20F3IN6. The molecule has 0 saturated carbocycles. The zero-order valence-electron chi connectivity index (χ0n) is 14.5. The molecule has 6 nitrogen and oxygen atoms in total. The molecule has 1 saturated heterocycles. The summed E-state index contributed by atoms with van der Waals surface area (Å²) in [5.41, 5.74) is 6.06. The molecule has 1 aliphatic rings. The molecule has 0 radical (unpaired) electrons. The molecule has 0 amide bonds. The minimum atomic E-state index is -1.46. The first-order valence-corrected chi connectivity index (χ1v) is 8.25. The Morgan fingerprint density at radius 3 is 2.37 bits per heavy atom. The minimum Gasteiger partial charge on any atom is -0.370 e. The van der Waals surface area contributed by atoms with Gasteiger partial charge in [-0.3, -0.25) is 4.99 Å². The highest BCUT2D eigenvalue weighted by Crippen LogP contribution is 2.15. The van der Waals surface area contributed by atoms with Gasteiger partial charge in [0, 0.05) is 45.1 Å². The standard InChI is InChI=1S/C17H19F3N6.HI/c18-13-3-2-12(14(19)15(13)20)4-7-22-16(21)25-8-10-26(11-9-25)17-23-5-1-6-24-17;/h1-3,5-6H,4,7-11H2,(H2,21,22);1H. The van der Waals surface area contributed by atoms with Crippen molar-refractivity contribution in [1.82, 2.24) is 14.9 Å². The molecule has 2 N–H and O–H groups in total. The van der Waals surface area contributed by atoms with Gasteiger partial charge in [0.25, 0.3) is 0 Å². The molecule has 1 fully saturated rings. The molecule has 1 aromatic carbocycles. The third-order valence-corrected chi connectivity index (χ3v) is 4.21. The number of anilines is 1. The average molecular weight is 492 g/mol. The van der Waals surface area contributed by atoms with Gasteiger partial charge in [-0.2, -0.15) is 0 Å². The number of hydrogen-bond acceptors (Lipinski definition) is 4. The first-order valence-electron chi connectivity index (χ1n) is 8.25. The van der Waals surface area contributed by atoms with Gasteiger partial charge in [0.15, 0.2) is 23.4 Å². The molecule has 0 spiro atoms. The van der Waals surface area contributed by atoms with Crippen LogP contribution in [0.1, 0.15) is 5.56 Å². The zero-order valence-corrected chi connectivity index (χ0v) is 16.8. The monoisotopic (exact) mass is 492 g/mol. The van der Waals surface area contributed by atoms with Gasteiger partial charge < -0.3 is 15.5 Å². The summed E-state index contributed by atoms with van der Waals surface area (Å²) in [5, 5.41) is 0. The van der Waals surface area contributed by atoms with Crippen molar-refractivity contribution in [3.63, 3.8) is 0 Å². The highest BCUT2D eigenvalue weighted by molar-refractivity contribution is 14.0. The second-order valence-corrected chi connectivity index (χ2v) is 5.85. The van der Waals surface area contributed by atoms with Crippen LogP contribution in [-0.4, -0.2) is 53.6 Å². The Hall–Kier alpha value is -2.11. The van der Waals surface area contributed by atoms with E-state index in [9.17, 15) is 13.2 Å². The van der Waals surface area contributed by atoms with Gasteiger partial charge in [-0.15, -0.1) is 24.0 Å². The third kappa shape index (κ3) is 5.21. The van der Waals surface area contributed by atoms with Gasteiger partial charge in [0.1, 0.15) is 0 Å². The van der Waals surface area contributed by atoms with E-state index in [4.69, 9.17) is 5.73 Å². The fourth-order valence-corrected chi connectivity index (χ4v) is 2.74. The van der Waals surface area contributed by atoms with Gasteiger partial charge in [-0.1, -0.05) is 6.07 Å². The number of guanidine groups is 1. The lowest BCUT2D eigenvalue weighted by Gasteiger charge is -2.35. The molecule has 0 aliphatic carbocycles. The lowest BCUT2D eigenvalue weighted by Crippen LogP contribution is -2.51. The van der Waals surface area contributed by atoms with Crippen LogP contribution in [-0.2, 0) is 6.42 Å². The first-order chi connectivity index (χ1) is 12.6. The number of nitrogens with zero attached hydrogens (tertiary/aromatic N) is 5. The van der Waals surface area contributed by atoms with E-state index in [1.54, 1.807) is 18.5 Å². The topological polar surface area (TPSA) is 70.6 Å². The van der Waals surface area contributed by atoms with Crippen molar-refractivity contribution in [2.24, 2.45) is 10.7 Å². The predicted molar refractivity (Wildman–Crippen MR) is 108 cm³/mol. The Bertz CT molecular complexity index is 782. The van der Waals surface area contributed by atoms with E-state index < -0.39 is 17.5 Å². The highest BCUT2D eigenvalue weighted by Gasteiger charge is 2.20. The molecular weight excluding hydrogens is 472 g/mol. The quantitative estimate of drug-likeness (QED) is 0.307. The maximum Gasteiger partial charge on any atom is 0.225 e. The molecule has 3 rings (SSSR count). The van der Waals surface area contributed by atoms with Crippen LogP contribution in [0.3, 0.4) is 0 Å². The second kappa shape index (κ2) is 9.72. The highest BCUT2D eigenvalue weighted by atomic mass is 127. The van der Waals surface area contributed by atoms with Gasteiger partial charge in [0.05, 0.1) is 0 Å². The minimum absolute atomic E-state index is 0. The molecule has 2 aromatic rings. The summed E-state index contributed by atoms with van der Waals surface area (Å²) in [4.78, 5) is 16.6. The Kier molecular flexibility index (Phi) is 7.63.